The minimum absolute atomic E-state index is 0.0348. The van der Waals surface area contributed by atoms with Gasteiger partial charge in [-0.2, -0.15) is 37.5 Å². The lowest BCUT2D eigenvalue weighted by atomic mass is 9.96. The summed E-state index contributed by atoms with van der Waals surface area (Å²) in [6, 6.07) is 71.1. The lowest BCUT2D eigenvalue weighted by molar-refractivity contribution is -0.660. The van der Waals surface area contributed by atoms with Crippen molar-refractivity contribution in [3.63, 3.8) is 0 Å². The monoisotopic (exact) mass is 1640 g/mol. The summed E-state index contributed by atoms with van der Waals surface area (Å²) >= 11 is 0. The normalized spacial score (nSPS) is 11.6. The smallest absolute Gasteiger partial charge is 0.232 e. The van der Waals surface area contributed by atoms with Crippen molar-refractivity contribution in [3.05, 3.63) is 335 Å². The van der Waals surface area contributed by atoms with Gasteiger partial charge >= 0.3 is 0 Å². The molecule has 0 aliphatic rings. The molecule has 0 atom stereocenters. The molecule has 19 heteroatoms. The average Bonchev–Trinajstić information content (AvgIpc) is 1.47. The third-order valence-corrected chi connectivity index (χ3v) is 23.1. The highest BCUT2D eigenvalue weighted by molar-refractivity contribution is 6.12. The molecule has 20 aromatic rings. The van der Waals surface area contributed by atoms with Crippen LogP contribution in [0.5, 0.6) is 0 Å². The molecule has 12 heterocycles. The molecule has 0 unspecified atom stereocenters. The van der Waals surface area contributed by atoms with Crippen molar-refractivity contribution in [2.75, 3.05) is 0 Å². The zero-order valence-corrected chi connectivity index (χ0v) is 70.2. The Hall–Kier alpha value is -14.3. The van der Waals surface area contributed by atoms with Crippen LogP contribution in [-0.2, 0) is 28.2 Å². The summed E-state index contributed by atoms with van der Waals surface area (Å²) in [6.07, 6.45) is 8.03. The molecule has 0 radical (unpaired) electrons. The first-order chi connectivity index (χ1) is 59.1. The van der Waals surface area contributed by atoms with Crippen LogP contribution in [0.4, 0.5) is 30.7 Å². The van der Waals surface area contributed by atoms with Crippen LogP contribution in [0.25, 0.3) is 178 Å². The number of furan rings is 4. The standard InChI is InChI=1S/C27H23F2N2O.C27H24FN2O.2C25H19F2N2O/c1-15(2)17-6-8-18(9-7-17)19-11-12-31(4)22(13-19)24-16(3)5-10-20-25-21(28)14-23(29)30-27(25)32-26(20)24;1-16(2)18-6-8-19(9-7-18)20-13-14-30(4)23(15-20)25-17(3)5-10-21-22-11-12-24(28)29-27(22)31-26(21)25;1-14-4-7-16(8-5-14)17-10-11-29(3)20(12-17)22-15(2)6-9-18-23-19(26)13-21(27)28-25(23)30-24(18)22;1-14-4-6-16(7-5-14)17-10-11-29(3)20(13-17)22-15(2)12-19(26)23-18-8-9-21(27)28-25(18)30-24(22)23/h5-15H,1-4H3;5-16H,1-4H3;2*4-13H,1-3H3/q4*+1. The van der Waals surface area contributed by atoms with E-state index in [1.165, 1.54) is 52.1 Å². The molecular weight excluding hydrogens is 1560 g/mol. The summed E-state index contributed by atoms with van der Waals surface area (Å²) in [5.74, 6) is -3.78. The van der Waals surface area contributed by atoms with Gasteiger partial charge in [0.1, 0.15) is 45.6 Å². The van der Waals surface area contributed by atoms with Crippen molar-refractivity contribution in [3.8, 4) is 89.5 Å². The van der Waals surface area contributed by atoms with Crippen molar-refractivity contribution in [2.45, 2.75) is 81.1 Å². The maximum Gasteiger partial charge on any atom is 0.232 e. The molecule has 12 aromatic heterocycles. The molecule has 123 heavy (non-hydrogen) atoms. The van der Waals surface area contributed by atoms with Crippen LogP contribution in [0.1, 0.15) is 84.0 Å². The van der Waals surface area contributed by atoms with Crippen LogP contribution in [0.2, 0.25) is 0 Å². The molecule has 8 aromatic carbocycles. The van der Waals surface area contributed by atoms with Crippen molar-refractivity contribution in [2.24, 2.45) is 28.2 Å². The van der Waals surface area contributed by atoms with E-state index in [9.17, 15) is 30.7 Å². The largest absolute Gasteiger partial charge is 0.437 e. The van der Waals surface area contributed by atoms with Gasteiger partial charge in [-0.15, -0.1) is 0 Å². The second-order valence-electron chi connectivity index (χ2n) is 32.2. The highest BCUT2D eigenvalue weighted by Gasteiger charge is 2.30. The van der Waals surface area contributed by atoms with Crippen molar-refractivity contribution >= 4 is 88.3 Å². The first kappa shape index (κ1) is 81.1. The van der Waals surface area contributed by atoms with E-state index in [-0.39, 0.29) is 27.9 Å². The molecule has 20 rings (SSSR count). The summed E-state index contributed by atoms with van der Waals surface area (Å²) in [6.45, 7) is 20.7. The Morgan fingerprint density at radius 2 is 0.545 bits per heavy atom. The fourth-order valence-electron chi connectivity index (χ4n) is 16.3. The van der Waals surface area contributed by atoms with Gasteiger partial charge < -0.3 is 17.7 Å². The van der Waals surface area contributed by atoms with Gasteiger partial charge in [0, 0.05) is 82.2 Å². The number of fused-ring (bicyclic) bond motifs is 12. The first-order valence-corrected chi connectivity index (χ1v) is 40.5. The molecule has 0 spiro atoms. The van der Waals surface area contributed by atoms with Crippen LogP contribution < -0.4 is 18.3 Å². The number of aromatic nitrogens is 8. The highest BCUT2D eigenvalue weighted by Crippen LogP contribution is 2.44. The van der Waals surface area contributed by atoms with Gasteiger partial charge in [0.05, 0.1) is 43.8 Å². The molecule has 0 bridgehead atoms. The third-order valence-electron chi connectivity index (χ3n) is 23.1. The Morgan fingerprint density at radius 3 is 0.919 bits per heavy atom. The number of pyridine rings is 8. The lowest BCUT2D eigenvalue weighted by Crippen LogP contribution is -2.30. The van der Waals surface area contributed by atoms with E-state index >= 15 is 0 Å². The number of hydrogen-bond donors (Lipinski definition) is 0. The minimum Gasteiger partial charge on any atom is -0.437 e. The average molecular weight is 1640 g/mol. The van der Waals surface area contributed by atoms with Gasteiger partial charge in [-0.1, -0.05) is 172 Å². The van der Waals surface area contributed by atoms with E-state index in [0.29, 0.717) is 55.8 Å². The Morgan fingerprint density at radius 1 is 0.252 bits per heavy atom. The number of aryl methyl sites for hydroxylation is 10. The van der Waals surface area contributed by atoms with E-state index in [4.69, 9.17) is 17.7 Å². The Bertz CT molecular complexity index is 7580. The highest BCUT2D eigenvalue weighted by atomic mass is 19.2. The maximum atomic E-state index is 14.9. The van der Waals surface area contributed by atoms with Gasteiger partial charge in [0.15, 0.2) is 47.1 Å². The molecule has 0 fully saturated rings. The number of rotatable bonds is 10. The van der Waals surface area contributed by atoms with Crippen molar-refractivity contribution < 1.29 is 66.7 Å². The van der Waals surface area contributed by atoms with Crippen molar-refractivity contribution in [1.29, 1.82) is 0 Å². The van der Waals surface area contributed by atoms with E-state index in [1.54, 1.807) is 18.2 Å². The summed E-state index contributed by atoms with van der Waals surface area (Å²) in [5.41, 5.74) is 27.2. The number of nitrogens with zero attached hydrogens (tertiary/aromatic N) is 8. The second kappa shape index (κ2) is 32.7. The second-order valence-corrected chi connectivity index (χ2v) is 32.2. The van der Waals surface area contributed by atoms with Crippen LogP contribution >= 0.6 is 0 Å². The molecule has 0 aliphatic heterocycles. The SMILES string of the molecule is Cc1ccc(-c2cc[n+](C)c(-c3c(C)cc(F)c4c3oc3nc(F)ccc34)c2)cc1.Cc1ccc(-c2cc[n+](C)c(-c3c(C)ccc4c3oc3nc(F)cc(F)c34)c2)cc1.Cc1ccc2c(oc3nc(F)cc(F)c32)c1-c1cc(-c2ccc(C(C)C)cc2)cc[n+]1C.Cc1ccc2c(oc3nc(F)ccc32)c1-c1cc(-c2ccc(C(C)C)cc2)cc[n+]1C. The molecule has 12 nitrogen and oxygen atoms in total. The Kier molecular flexibility index (Phi) is 21.5. The summed E-state index contributed by atoms with van der Waals surface area (Å²) in [5, 5.41) is 4.10. The topological polar surface area (TPSA) is 120 Å². The van der Waals surface area contributed by atoms with Crippen LogP contribution in [-0.4, -0.2) is 19.9 Å². The van der Waals surface area contributed by atoms with Crippen LogP contribution in [0.15, 0.2) is 267 Å². The fraction of sp³-hybridized carbons (Fsp3) is 0.154. The first-order valence-electron chi connectivity index (χ1n) is 40.5. The predicted molar refractivity (Wildman–Crippen MR) is 471 cm³/mol. The Balaban J connectivity index is 0.000000116. The van der Waals surface area contributed by atoms with Crippen LogP contribution in [0.3, 0.4) is 0 Å². The molecule has 0 saturated carbocycles. The molecule has 0 aliphatic carbocycles. The molecule has 0 saturated heterocycles. The lowest BCUT2D eigenvalue weighted by Gasteiger charge is -2.09. The maximum absolute atomic E-state index is 14.9. The van der Waals surface area contributed by atoms with Gasteiger partial charge in [0.2, 0.25) is 69.4 Å². The molecular formula is C104H85F7N8O4+4. The zero-order chi connectivity index (χ0) is 86.2. The fourth-order valence-corrected chi connectivity index (χ4v) is 16.3. The number of hydrogen-bond acceptors (Lipinski definition) is 8. The third kappa shape index (κ3) is 15.5. The quantitative estimate of drug-likeness (QED) is 0.0754. The van der Waals surface area contributed by atoms with Gasteiger partial charge in [-0.05, 0) is 162 Å². The number of halogens is 7. The molecule has 610 valence electrons. The van der Waals surface area contributed by atoms with E-state index in [2.05, 4.69) is 225 Å². The molecule has 0 amide bonds. The predicted octanol–water partition coefficient (Wildman–Crippen LogP) is 25.6. The minimum atomic E-state index is -0.899. The van der Waals surface area contributed by atoms with Crippen LogP contribution in [0, 0.1) is 82.8 Å². The van der Waals surface area contributed by atoms with E-state index in [1.807, 2.05) is 106 Å². The summed E-state index contributed by atoms with van der Waals surface area (Å²) in [7, 11) is 7.87. The van der Waals surface area contributed by atoms with Gasteiger partial charge in [0.25, 0.3) is 0 Å². The van der Waals surface area contributed by atoms with Gasteiger partial charge in [-0.3, -0.25) is 0 Å². The van der Waals surface area contributed by atoms with E-state index in [0.717, 1.165) is 135 Å². The zero-order valence-electron chi connectivity index (χ0n) is 70.2. The van der Waals surface area contributed by atoms with E-state index < -0.39 is 41.2 Å². The summed E-state index contributed by atoms with van der Waals surface area (Å²) in [4.78, 5) is 15.3. The van der Waals surface area contributed by atoms with Crippen molar-refractivity contribution in [1.82, 2.24) is 19.9 Å². The molecule has 0 N–H and O–H groups in total. The number of benzene rings is 8. The Labute approximate surface area is 704 Å². The van der Waals surface area contributed by atoms with Gasteiger partial charge in [-0.25, -0.2) is 31.4 Å². The summed E-state index contributed by atoms with van der Waals surface area (Å²) < 4.78 is 130.